The molecule has 154 valence electrons. The summed E-state index contributed by atoms with van der Waals surface area (Å²) in [4.78, 5) is 8.97. The summed E-state index contributed by atoms with van der Waals surface area (Å²) in [5.41, 5.74) is 5.38. The molecule has 2 aliphatic heterocycles. The van der Waals surface area contributed by atoms with Crippen molar-refractivity contribution in [3.8, 4) is 11.1 Å². The molecule has 0 radical (unpaired) electrons. The van der Waals surface area contributed by atoms with Crippen LogP contribution in [0.4, 0.5) is 5.69 Å². The fraction of sp³-hybridized carbons (Fsp3) is 0.333. The van der Waals surface area contributed by atoms with Crippen LogP contribution in [0.1, 0.15) is 5.56 Å². The van der Waals surface area contributed by atoms with Gasteiger partial charge in [0.1, 0.15) is 5.84 Å². The summed E-state index contributed by atoms with van der Waals surface area (Å²) < 4.78 is 10.9. The van der Waals surface area contributed by atoms with E-state index in [9.17, 15) is 0 Å². The average Bonchev–Trinajstić information content (AvgIpc) is 2.84. The van der Waals surface area contributed by atoms with Crippen LogP contribution in [-0.4, -0.2) is 68.3 Å². The summed E-state index contributed by atoms with van der Waals surface area (Å²) >= 11 is 0. The number of anilines is 1. The highest BCUT2D eigenvalue weighted by molar-refractivity contribution is 6.08. The number of benzene rings is 2. The van der Waals surface area contributed by atoms with E-state index >= 15 is 0 Å². The number of nitrogens with one attached hydrogen (secondary N) is 1. The van der Waals surface area contributed by atoms with Gasteiger partial charge in [-0.3, -0.25) is 10.4 Å². The second-order valence-corrected chi connectivity index (χ2v) is 7.68. The molecular weight excluding hydrogens is 376 g/mol. The molecular formula is C24H26N4O2. The number of nitrogens with zero attached hydrogens (tertiary/aromatic N) is 3. The molecule has 2 fully saturated rings. The Morgan fingerprint density at radius 3 is 2.20 bits per heavy atom. The second-order valence-electron chi connectivity index (χ2n) is 7.68. The number of hydrogen-bond acceptors (Lipinski definition) is 5. The van der Waals surface area contributed by atoms with Crippen molar-refractivity contribution >= 4 is 22.4 Å². The number of amidine groups is 1. The molecule has 3 aromatic rings. The summed E-state index contributed by atoms with van der Waals surface area (Å²) in [5, 5.41) is 9.77. The molecule has 5 rings (SSSR count). The van der Waals surface area contributed by atoms with E-state index in [-0.39, 0.29) is 0 Å². The Morgan fingerprint density at radius 1 is 0.800 bits per heavy atom. The predicted molar refractivity (Wildman–Crippen MR) is 119 cm³/mol. The van der Waals surface area contributed by atoms with Crippen molar-refractivity contribution in [3.05, 3.63) is 60.3 Å². The van der Waals surface area contributed by atoms with Gasteiger partial charge in [0, 0.05) is 49.0 Å². The number of rotatable bonds is 3. The van der Waals surface area contributed by atoms with E-state index in [0.29, 0.717) is 19.0 Å². The number of pyridine rings is 1. The van der Waals surface area contributed by atoms with E-state index in [4.69, 9.17) is 14.9 Å². The van der Waals surface area contributed by atoms with Crippen LogP contribution in [-0.2, 0) is 9.47 Å². The molecule has 1 N–H and O–H groups in total. The highest BCUT2D eigenvalue weighted by Gasteiger charge is 2.18. The maximum Gasteiger partial charge on any atom is 0.128 e. The first-order valence-corrected chi connectivity index (χ1v) is 10.5. The number of ether oxygens (including phenoxy) is 2. The van der Waals surface area contributed by atoms with Gasteiger partial charge in [0.2, 0.25) is 0 Å². The van der Waals surface area contributed by atoms with E-state index in [1.807, 2.05) is 6.07 Å². The van der Waals surface area contributed by atoms with Gasteiger partial charge in [-0.1, -0.05) is 18.2 Å². The zero-order valence-corrected chi connectivity index (χ0v) is 17.0. The fourth-order valence-corrected chi connectivity index (χ4v) is 4.18. The second kappa shape index (κ2) is 8.42. The monoisotopic (exact) mass is 402 g/mol. The van der Waals surface area contributed by atoms with Gasteiger partial charge >= 0.3 is 0 Å². The molecule has 0 spiro atoms. The molecule has 0 amide bonds. The standard InChI is InChI=1S/C24H26N4O2/c25-24(28-11-15-30-16-12-28)21-7-8-26-23-6-3-19(17-22(21)23)18-1-4-20(5-2-18)27-9-13-29-14-10-27/h1-8,17,25H,9-16H2. The molecule has 2 aliphatic rings. The number of morpholine rings is 2. The van der Waals surface area contributed by atoms with Crippen molar-refractivity contribution in [2.75, 3.05) is 57.5 Å². The minimum absolute atomic E-state index is 0.547. The summed E-state index contributed by atoms with van der Waals surface area (Å²) in [7, 11) is 0. The third-order valence-electron chi connectivity index (χ3n) is 5.90. The van der Waals surface area contributed by atoms with Crippen molar-refractivity contribution in [2.45, 2.75) is 0 Å². The number of fused-ring (bicyclic) bond motifs is 1. The lowest BCUT2D eigenvalue weighted by Gasteiger charge is -2.29. The van der Waals surface area contributed by atoms with Crippen LogP contribution in [0.2, 0.25) is 0 Å². The molecule has 1 aromatic heterocycles. The fourth-order valence-electron chi connectivity index (χ4n) is 4.18. The van der Waals surface area contributed by atoms with Crippen molar-refractivity contribution in [1.82, 2.24) is 9.88 Å². The SMILES string of the molecule is N=C(c1ccnc2ccc(-c3ccc(N4CCOCC4)cc3)cc12)N1CCOCC1. The summed E-state index contributed by atoms with van der Waals surface area (Å²) in [6.45, 7) is 6.31. The first-order chi connectivity index (χ1) is 14.8. The summed E-state index contributed by atoms with van der Waals surface area (Å²) in [6.07, 6.45) is 1.80. The minimum Gasteiger partial charge on any atom is -0.378 e. The molecule has 30 heavy (non-hydrogen) atoms. The Balaban J connectivity index is 1.46. The van der Waals surface area contributed by atoms with Crippen LogP contribution in [0.5, 0.6) is 0 Å². The summed E-state index contributed by atoms with van der Waals surface area (Å²) in [6, 6.07) is 17.0. The number of hydrogen-bond donors (Lipinski definition) is 1. The van der Waals surface area contributed by atoms with E-state index < -0.39 is 0 Å². The third kappa shape index (κ3) is 3.76. The Kier molecular flexibility index (Phi) is 5.34. The Bertz CT molecular complexity index is 1040. The van der Waals surface area contributed by atoms with Crippen LogP contribution in [0, 0.1) is 5.41 Å². The molecule has 0 aliphatic carbocycles. The largest absolute Gasteiger partial charge is 0.378 e. The van der Waals surface area contributed by atoms with Crippen LogP contribution in [0.3, 0.4) is 0 Å². The predicted octanol–water partition coefficient (Wildman–Crippen LogP) is 3.40. The maximum atomic E-state index is 8.75. The average molecular weight is 402 g/mol. The smallest absolute Gasteiger partial charge is 0.128 e. The Morgan fingerprint density at radius 2 is 1.47 bits per heavy atom. The van der Waals surface area contributed by atoms with E-state index in [2.05, 4.69) is 57.2 Å². The normalized spacial score (nSPS) is 17.3. The summed E-state index contributed by atoms with van der Waals surface area (Å²) in [5.74, 6) is 0.547. The molecule has 0 bridgehead atoms. The van der Waals surface area contributed by atoms with Gasteiger partial charge in [-0.2, -0.15) is 0 Å². The Labute approximate surface area is 176 Å². The van der Waals surface area contributed by atoms with E-state index in [1.54, 1.807) is 6.20 Å². The van der Waals surface area contributed by atoms with Gasteiger partial charge in [0.25, 0.3) is 0 Å². The van der Waals surface area contributed by atoms with Gasteiger partial charge in [0.15, 0.2) is 0 Å². The van der Waals surface area contributed by atoms with Gasteiger partial charge in [-0.05, 0) is 41.5 Å². The minimum atomic E-state index is 0.547. The molecule has 0 atom stereocenters. The van der Waals surface area contributed by atoms with Crippen LogP contribution >= 0.6 is 0 Å². The van der Waals surface area contributed by atoms with Gasteiger partial charge < -0.3 is 19.3 Å². The zero-order chi connectivity index (χ0) is 20.3. The molecule has 6 nitrogen and oxygen atoms in total. The van der Waals surface area contributed by atoms with Crippen LogP contribution in [0.25, 0.3) is 22.0 Å². The van der Waals surface area contributed by atoms with Gasteiger partial charge in [-0.25, -0.2) is 0 Å². The van der Waals surface area contributed by atoms with Crippen molar-refractivity contribution in [3.63, 3.8) is 0 Å². The molecule has 6 heteroatoms. The van der Waals surface area contributed by atoms with Crippen molar-refractivity contribution < 1.29 is 9.47 Å². The Hall–Kier alpha value is -2.96. The molecule has 2 aromatic carbocycles. The third-order valence-corrected chi connectivity index (χ3v) is 5.90. The molecule has 0 saturated carbocycles. The first-order valence-electron chi connectivity index (χ1n) is 10.5. The highest BCUT2D eigenvalue weighted by Crippen LogP contribution is 2.28. The highest BCUT2D eigenvalue weighted by atomic mass is 16.5. The lowest BCUT2D eigenvalue weighted by molar-refractivity contribution is 0.0680. The topological polar surface area (TPSA) is 61.7 Å². The quantitative estimate of drug-likeness (QED) is 0.537. The zero-order valence-electron chi connectivity index (χ0n) is 17.0. The van der Waals surface area contributed by atoms with Crippen molar-refractivity contribution in [2.24, 2.45) is 0 Å². The van der Waals surface area contributed by atoms with Crippen LogP contribution in [0.15, 0.2) is 54.7 Å². The van der Waals surface area contributed by atoms with Crippen LogP contribution < -0.4 is 4.90 Å². The van der Waals surface area contributed by atoms with Gasteiger partial charge in [0.05, 0.1) is 31.9 Å². The van der Waals surface area contributed by atoms with Gasteiger partial charge in [-0.15, -0.1) is 0 Å². The maximum absolute atomic E-state index is 8.75. The van der Waals surface area contributed by atoms with E-state index in [1.165, 1.54) is 11.3 Å². The molecule has 3 heterocycles. The lowest BCUT2D eigenvalue weighted by Crippen LogP contribution is -2.40. The molecule has 2 saturated heterocycles. The van der Waals surface area contributed by atoms with E-state index in [0.717, 1.165) is 61.4 Å². The molecule has 0 unspecified atom stereocenters. The lowest BCUT2D eigenvalue weighted by atomic mass is 9.99. The first kappa shape index (κ1) is 19.0. The number of aromatic nitrogens is 1. The van der Waals surface area contributed by atoms with Crippen molar-refractivity contribution in [1.29, 1.82) is 5.41 Å².